The van der Waals surface area contributed by atoms with E-state index in [1.165, 1.54) is 29.5 Å². The van der Waals surface area contributed by atoms with Crippen LogP contribution in [0.3, 0.4) is 0 Å². The van der Waals surface area contributed by atoms with Gasteiger partial charge < -0.3 is 10.6 Å². The number of thiazole rings is 1. The molecule has 4 rings (SSSR count). The number of hydrogen-bond acceptors (Lipinski definition) is 5. The molecule has 2 N–H and O–H groups in total. The van der Waals surface area contributed by atoms with E-state index in [0.717, 1.165) is 22.1 Å². The highest BCUT2D eigenvalue weighted by Crippen LogP contribution is 2.27. The molecule has 0 aliphatic carbocycles. The Morgan fingerprint density at radius 2 is 1.75 bits per heavy atom. The Morgan fingerprint density at radius 1 is 0.964 bits per heavy atom. The number of amides is 1. The fraction of sp³-hybridized carbons (Fsp3) is 0. The van der Waals surface area contributed by atoms with Gasteiger partial charge in [0.1, 0.15) is 5.82 Å². The van der Waals surface area contributed by atoms with Gasteiger partial charge in [0.15, 0.2) is 5.13 Å². The van der Waals surface area contributed by atoms with E-state index in [1.807, 2.05) is 29.6 Å². The first kappa shape index (κ1) is 17.8. The van der Waals surface area contributed by atoms with Gasteiger partial charge in [0.2, 0.25) is 0 Å². The van der Waals surface area contributed by atoms with E-state index >= 15 is 0 Å². The van der Waals surface area contributed by atoms with Crippen LogP contribution in [0.15, 0.2) is 78.4 Å². The summed E-state index contributed by atoms with van der Waals surface area (Å²) in [6.07, 6.45) is 3.46. The number of aromatic nitrogens is 2. The van der Waals surface area contributed by atoms with Gasteiger partial charge in [0.25, 0.3) is 5.91 Å². The highest BCUT2D eigenvalue weighted by molar-refractivity contribution is 7.14. The number of benzene rings is 2. The minimum absolute atomic E-state index is 0.264. The van der Waals surface area contributed by atoms with E-state index < -0.39 is 5.82 Å². The molecule has 5 nitrogen and oxygen atoms in total. The lowest BCUT2D eigenvalue weighted by Gasteiger charge is -2.08. The van der Waals surface area contributed by atoms with Crippen LogP contribution in [0.4, 0.5) is 20.9 Å². The van der Waals surface area contributed by atoms with Crippen molar-refractivity contribution in [2.24, 2.45) is 0 Å². The van der Waals surface area contributed by atoms with Gasteiger partial charge in [0, 0.05) is 40.3 Å². The normalized spacial score (nSPS) is 10.5. The number of carbonyl (C=O) groups is 1. The minimum atomic E-state index is -0.447. The van der Waals surface area contributed by atoms with E-state index in [2.05, 4.69) is 20.6 Å². The van der Waals surface area contributed by atoms with Gasteiger partial charge in [-0.1, -0.05) is 12.1 Å². The zero-order valence-electron chi connectivity index (χ0n) is 14.6. The second-order valence-electron chi connectivity index (χ2n) is 5.94. The summed E-state index contributed by atoms with van der Waals surface area (Å²) in [4.78, 5) is 20.9. The maximum atomic E-state index is 13.3. The summed E-state index contributed by atoms with van der Waals surface area (Å²) < 4.78 is 13.3. The van der Waals surface area contributed by atoms with E-state index in [1.54, 1.807) is 30.6 Å². The van der Waals surface area contributed by atoms with Crippen LogP contribution in [-0.4, -0.2) is 15.9 Å². The smallest absolute Gasteiger partial charge is 0.255 e. The third kappa shape index (κ3) is 4.21. The van der Waals surface area contributed by atoms with Gasteiger partial charge in [0.05, 0.1) is 5.69 Å². The number of hydrogen-bond donors (Lipinski definition) is 2. The molecule has 7 heteroatoms. The minimum Gasteiger partial charge on any atom is -0.331 e. The zero-order chi connectivity index (χ0) is 19.3. The summed E-state index contributed by atoms with van der Waals surface area (Å²) in [7, 11) is 0. The lowest BCUT2D eigenvalue weighted by atomic mass is 10.2. The number of anilines is 3. The number of pyridine rings is 1. The standard InChI is InChI=1S/C21H15FN4OS/c22-16-4-1-3-15(11-16)20(27)24-17-5-2-6-18(12-17)25-21-26-19(13-28-21)14-7-9-23-10-8-14/h1-13H,(H,24,27)(H,25,26). The zero-order valence-corrected chi connectivity index (χ0v) is 15.4. The SMILES string of the molecule is O=C(Nc1cccc(Nc2nc(-c3ccncc3)cs2)c1)c1cccc(F)c1. The van der Waals surface area contributed by atoms with Gasteiger partial charge in [-0.3, -0.25) is 9.78 Å². The molecule has 2 aromatic carbocycles. The molecule has 1 amide bonds. The topological polar surface area (TPSA) is 66.9 Å². The van der Waals surface area contributed by atoms with Gasteiger partial charge in [-0.25, -0.2) is 9.37 Å². The van der Waals surface area contributed by atoms with E-state index in [4.69, 9.17) is 0 Å². The summed E-state index contributed by atoms with van der Waals surface area (Å²) >= 11 is 1.49. The fourth-order valence-corrected chi connectivity index (χ4v) is 3.36. The Labute approximate surface area is 164 Å². The van der Waals surface area contributed by atoms with Crippen LogP contribution in [0.2, 0.25) is 0 Å². The molecule has 0 bridgehead atoms. The maximum absolute atomic E-state index is 13.3. The molecule has 2 heterocycles. The Bertz CT molecular complexity index is 1110. The van der Waals surface area contributed by atoms with Gasteiger partial charge in [-0.05, 0) is 48.5 Å². The third-order valence-electron chi connectivity index (χ3n) is 3.94. The van der Waals surface area contributed by atoms with E-state index in [0.29, 0.717) is 5.69 Å². The van der Waals surface area contributed by atoms with Crippen LogP contribution in [0.5, 0.6) is 0 Å². The Balaban J connectivity index is 1.47. The molecular formula is C21H15FN4OS. The van der Waals surface area contributed by atoms with Crippen LogP contribution in [-0.2, 0) is 0 Å². The molecule has 138 valence electrons. The molecule has 0 saturated carbocycles. The lowest BCUT2D eigenvalue weighted by molar-refractivity contribution is 0.102. The number of halogens is 1. The van der Waals surface area contributed by atoms with Crippen molar-refractivity contribution in [3.63, 3.8) is 0 Å². The quantitative estimate of drug-likeness (QED) is 0.483. The molecular weight excluding hydrogens is 375 g/mol. The van der Waals surface area contributed by atoms with Crippen LogP contribution in [0.1, 0.15) is 10.4 Å². The van der Waals surface area contributed by atoms with E-state index in [-0.39, 0.29) is 11.5 Å². The van der Waals surface area contributed by atoms with Crippen molar-refractivity contribution < 1.29 is 9.18 Å². The summed E-state index contributed by atoms with van der Waals surface area (Å²) in [6.45, 7) is 0. The van der Waals surface area contributed by atoms with Gasteiger partial charge in [-0.15, -0.1) is 11.3 Å². The number of rotatable bonds is 5. The number of nitrogens with one attached hydrogen (secondary N) is 2. The van der Waals surface area contributed by atoms with Crippen molar-refractivity contribution >= 4 is 33.8 Å². The summed E-state index contributed by atoms with van der Waals surface area (Å²) in [5.74, 6) is -0.817. The summed E-state index contributed by atoms with van der Waals surface area (Å²) in [5, 5.41) is 8.71. The number of carbonyl (C=O) groups excluding carboxylic acids is 1. The molecule has 0 atom stereocenters. The second kappa shape index (κ2) is 7.98. The molecule has 0 radical (unpaired) electrons. The summed E-state index contributed by atoms with van der Waals surface area (Å²) in [5.41, 5.74) is 3.51. The maximum Gasteiger partial charge on any atom is 0.255 e. The van der Waals surface area contributed by atoms with E-state index in [9.17, 15) is 9.18 Å². The summed E-state index contributed by atoms with van der Waals surface area (Å²) in [6, 6.07) is 16.7. The molecule has 0 aliphatic rings. The molecule has 0 unspecified atom stereocenters. The Kier molecular flexibility index (Phi) is 5.07. The fourth-order valence-electron chi connectivity index (χ4n) is 2.62. The molecule has 0 saturated heterocycles. The van der Waals surface area contributed by atoms with Gasteiger partial charge >= 0.3 is 0 Å². The predicted molar refractivity (Wildman–Crippen MR) is 109 cm³/mol. The highest BCUT2D eigenvalue weighted by atomic mass is 32.1. The predicted octanol–water partition coefficient (Wildman–Crippen LogP) is 5.34. The molecule has 2 aromatic heterocycles. The van der Waals surface area contributed by atoms with Crippen LogP contribution < -0.4 is 10.6 Å². The Morgan fingerprint density at radius 3 is 2.57 bits per heavy atom. The van der Waals surface area contributed by atoms with Crippen molar-refractivity contribution in [2.45, 2.75) is 0 Å². The first-order valence-corrected chi connectivity index (χ1v) is 9.35. The largest absolute Gasteiger partial charge is 0.331 e. The molecule has 0 spiro atoms. The average molecular weight is 390 g/mol. The molecule has 4 aromatic rings. The third-order valence-corrected chi connectivity index (χ3v) is 4.70. The van der Waals surface area contributed by atoms with Crippen molar-refractivity contribution in [1.82, 2.24) is 9.97 Å². The molecule has 0 aliphatic heterocycles. The second-order valence-corrected chi connectivity index (χ2v) is 6.80. The van der Waals surface area contributed by atoms with Crippen molar-refractivity contribution in [2.75, 3.05) is 10.6 Å². The first-order chi connectivity index (χ1) is 13.7. The molecule has 0 fully saturated rings. The van der Waals surface area contributed by atoms with Crippen molar-refractivity contribution in [3.8, 4) is 11.3 Å². The number of nitrogens with zero attached hydrogens (tertiary/aromatic N) is 2. The average Bonchev–Trinajstić information content (AvgIpc) is 3.17. The van der Waals surface area contributed by atoms with Crippen LogP contribution in [0, 0.1) is 5.82 Å². The Hall–Kier alpha value is -3.58. The van der Waals surface area contributed by atoms with Crippen molar-refractivity contribution in [3.05, 3.63) is 89.8 Å². The van der Waals surface area contributed by atoms with Crippen LogP contribution >= 0.6 is 11.3 Å². The monoisotopic (exact) mass is 390 g/mol. The first-order valence-electron chi connectivity index (χ1n) is 8.47. The highest BCUT2D eigenvalue weighted by Gasteiger charge is 2.08. The van der Waals surface area contributed by atoms with Crippen LogP contribution in [0.25, 0.3) is 11.3 Å². The van der Waals surface area contributed by atoms with Crippen molar-refractivity contribution in [1.29, 1.82) is 0 Å². The lowest BCUT2D eigenvalue weighted by Crippen LogP contribution is -2.12. The van der Waals surface area contributed by atoms with Gasteiger partial charge in [-0.2, -0.15) is 0 Å². The molecule has 28 heavy (non-hydrogen) atoms.